The largest absolute Gasteiger partial charge is 0.493 e. The average Bonchev–Trinajstić information content (AvgIpc) is 2.82. The van der Waals surface area contributed by atoms with Crippen LogP contribution in [0.15, 0.2) is 48.7 Å². The van der Waals surface area contributed by atoms with E-state index in [9.17, 15) is 13.7 Å². The number of benzene rings is 2. The number of hydrogen-bond donors (Lipinski definition) is 1. The number of anilines is 1. The maximum absolute atomic E-state index is 11.4. The molecular weight excluding hydrogens is 523 g/mol. The Bertz CT molecular complexity index is 1360. The van der Waals surface area contributed by atoms with Crippen molar-refractivity contribution in [3.05, 3.63) is 76.1 Å². The van der Waals surface area contributed by atoms with Crippen LogP contribution in [0.5, 0.6) is 11.5 Å². The van der Waals surface area contributed by atoms with E-state index >= 15 is 0 Å². The third-order valence-corrected chi connectivity index (χ3v) is 6.39. The molecule has 190 valence electrons. The highest BCUT2D eigenvalue weighted by Crippen LogP contribution is 2.38. The fraction of sp³-hybridized carbons (Fsp3) is 0.320. The zero-order valence-electron chi connectivity index (χ0n) is 20.1. The van der Waals surface area contributed by atoms with E-state index in [0.29, 0.717) is 46.7 Å². The molecule has 0 saturated carbocycles. The van der Waals surface area contributed by atoms with E-state index in [1.807, 2.05) is 44.2 Å². The Morgan fingerprint density at radius 1 is 1.08 bits per heavy atom. The second-order valence-electron chi connectivity index (χ2n) is 8.48. The summed E-state index contributed by atoms with van der Waals surface area (Å²) in [6, 6.07) is 15.1. The van der Waals surface area contributed by atoms with Crippen molar-refractivity contribution in [1.82, 2.24) is 9.97 Å². The summed E-state index contributed by atoms with van der Waals surface area (Å²) in [6.07, 6.45) is 3.01. The predicted octanol–water partition coefficient (Wildman–Crippen LogP) is 4.94. The summed E-state index contributed by atoms with van der Waals surface area (Å²) in [6.45, 7) is 4.71. The molecule has 0 radical (unpaired) electrons. The van der Waals surface area contributed by atoms with Gasteiger partial charge in [0.1, 0.15) is 18.4 Å². The predicted molar refractivity (Wildman–Crippen MR) is 141 cm³/mol. The Balaban J connectivity index is 1.68. The Kier molecular flexibility index (Phi) is 9.01. The Morgan fingerprint density at radius 2 is 1.81 bits per heavy atom. The van der Waals surface area contributed by atoms with Crippen LogP contribution in [0.1, 0.15) is 36.2 Å². The van der Waals surface area contributed by atoms with Crippen molar-refractivity contribution in [3.63, 3.8) is 0 Å². The van der Waals surface area contributed by atoms with Gasteiger partial charge in [-0.05, 0) is 41.5 Å². The molecule has 1 aromatic heterocycles. The Hall–Kier alpha value is -3.06. The smallest absolute Gasteiger partial charge is 0.236 e. The van der Waals surface area contributed by atoms with Gasteiger partial charge in [-0.25, -0.2) is 18.4 Å². The summed E-state index contributed by atoms with van der Waals surface area (Å²) >= 11 is 12.1. The summed E-state index contributed by atoms with van der Waals surface area (Å²) in [7, 11) is -3.45. The summed E-state index contributed by atoms with van der Waals surface area (Å²) < 4.78 is 36.4. The summed E-state index contributed by atoms with van der Waals surface area (Å²) in [4.78, 5) is 8.08. The highest BCUT2D eigenvalue weighted by atomic mass is 35.5. The van der Waals surface area contributed by atoms with E-state index in [2.05, 4.69) is 20.8 Å². The second kappa shape index (κ2) is 11.8. The number of alkyl halides is 1. The van der Waals surface area contributed by atoms with Crippen LogP contribution in [-0.2, 0) is 21.9 Å². The Morgan fingerprint density at radius 3 is 2.44 bits per heavy atom. The molecule has 1 N–H and O–H groups in total. The van der Waals surface area contributed by atoms with Crippen LogP contribution < -0.4 is 14.2 Å². The lowest BCUT2D eigenvalue weighted by Gasteiger charge is -2.27. The molecule has 3 rings (SSSR count). The molecule has 0 amide bonds. The van der Waals surface area contributed by atoms with Crippen LogP contribution in [0.2, 0.25) is 5.02 Å². The molecule has 0 aliphatic heterocycles. The van der Waals surface area contributed by atoms with Gasteiger partial charge in [-0.3, -0.25) is 4.72 Å². The molecule has 0 fully saturated rings. The lowest BCUT2D eigenvalue weighted by atomic mass is 9.77. The van der Waals surface area contributed by atoms with Crippen molar-refractivity contribution < 1.29 is 17.9 Å². The zero-order chi connectivity index (χ0) is 26.3. The fourth-order valence-electron chi connectivity index (χ4n) is 3.48. The minimum atomic E-state index is -3.45. The first-order chi connectivity index (χ1) is 17.0. The molecule has 0 bridgehead atoms. The van der Waals surface area contributed by atoms with E-state index in [4.69, 9.17) is 32.7 Å². The molecule has 8 nitrogen and oxygen atoms in total. The van der Waals surface area contributed by atoms with E-state index in [-0.39, 0.29) is 12.6 Å². The molecule has 0 unspecified atom stereocenters. The van der Waals surface area contributed by atoms with Gasteiger partial charge in [0.2, 0.25) is 16.0 Å². The highest BCUT2D eigenvalue weighted by molar-refractivity contribution is 7.91. The monoisotopic (exact) mass is 548 g/mol. The summed E-state index contributed by atoms with van der Waals surface area (Å²) in [5.74, 6) is 1.34. The van der Waals surface area contributed by atoms with Gasteiger partial charge in [0, 0.05) is 23.7 Å². The number of aromatic nitrogens is 2. The van der Waals surface area contributed by atoms with Crippen molar-refractivity contribution in [1.29, 1.82) is 5.26 Å². The molecule has 11 heteroatoms. The number of sulfonamides is 1. The van der Waals surface area contributed by atoms with Crippen molar-refractivity contribution in [2.24, 2.45) is 0 Å². The van der Waals surface area contributed by atoms with Gasteiger partial charge in [0.25, 0.3) is 0 Å². The number of hydrogen-bond acceptors (Lipinski definition) is 7. The van der Waals surface area contributed by atoms with Gasteiger partial charge in [-0.2, -0.15) is 5.26 Å². The molecule has 0 saturated heterocycles. The first-order valence-electron chi connectivity index (χ1n) is 11.0. The Labute approximate surface area is 221 Å². The molecule has 0 aliphatic carbocycles. The highest BCUT2D eigenvalue weighted by Gasteiger charge is 2.26. The number of halogens is 2. The van der Waals surface area contributed by atoms with Crippen molar-refractivity contribution in [2.45, 2.75) is 25.7 Å². The van der Waals surface area contributed by atoms with Gasteiger partial charge in [-0.1, -0.05) is 37.6 Å². The third kappa shape index (κ3) is 7.23. The van der Waals surface area contributed by atoms with E-state index in [1.54, 1.807) is 12.1 Å². The van der Waals surface area contributed by atoms with Crippen molar-refractivity contribution in [3.8, 4) is 17.6 Å². The van der Waals surface area contributed by atoms with Crippen LogP contribution in [0.4, 0.5) is 5.95 Å². The number of nitrogens with one attached hydrogen (secondary N) is 1. The fourth-order valence-corrected chi connectivity index (χ4v) is 4.26. The SMILES string of the molecule is CC(C)(c1ccc(OCCc2ccnc(NS(C)(=O)=O)n2)cc1)c1cc(Cl)c(OCCCl)c(C#N)c1. The maximum Gasteiger partial charge on any atom is 0.236 e. The number of nitrogens with zero attached hydrogens (tertiary/aromatic N) is 3. The van der Waals surface area contributed by atoms with E-state index < -0.39 is 15.4 Å². The van der Waals surface area contributed by atoms with Gasteiger partial charge < -0.3 is 9.47 Å². The molecular formula is C25H26Cl2N4O4S. The molecule has 3 aromatic rings. The van der Waals surface area contributed by atoms with Crippen molar-refractivity contribution >= 4 is 39.2 Å². The quantitative estimate of drug-likeness (QED) is 0.337. The number of ether oxygens (including phenoxy) is 2. The third-order valence-electron chi connectivity index (χ3n) is 5.40. The van der Waals surface area contributed by atoms with Crippen LogP contribution in [-0.4, -0.2) is 43.7 Å². The second-order valence-corrected chi connectivity index (χ2v) is 11.0. The molecule has 2 aromatic carbocycles. The summed E-state index contributed by atoms with van der Waals surface area (Å²) in [5.41, 5.74) is 2.45. The van der Waals surface area contributed by atoms with E-state index in [0.717, 1.165) is 17.4 Å². The number of nitriles is 1. The minimum absolute atomic E-state index is 0.0277. The number of rotatable bonds is 11. The normalized spacial score (nSPS) is 11.6. The van der Waals surface area contributed by atoms with Crippen LogP contribution in [0.3, 0.4) is 0 Å². The van der Waals surface area contributed by atoms with Crippen LogP contribution in [0.25, 0.3) is 0 Å². The maximum atomic E-state index is 11.4. The van der Waals surface area contributed by atoms with Crippen LogP contribution in [0, 0.1) is 11.3 Å². The van der Waals surface area contributed by atoms with Crippen LogP contribution >= 0.6 is 23.2 Å². The first-order valence-corrected chi connectivity index (χ1v) is 13.8. The summed E-state index contributed by atoms with van der Waals surface area (Å²) in [5, 5.41) is 9.96. The molecule has 0 spiro atoms. The van der Waals surface area contributed by atoms with Gasteiger partial charge in [0.05, 0.1) is 29.3 Å². The average molecular weight is 549 g/mol. The molecule has 0 atom stereocenters. The first kappa shape index (κ1) is 27.5. The minimum Gasteiger partial charge on any atom is -0.493 e. The van der Waals surface area contributed by atoms with Gasteiger partial charge in [-0.15, -0.1) is 11.6 Å². The molecule has 0 aliphatic rings. The standard InChI is InChI=1S/C25H26Cl2N4O4S/c1-25(2,19-14-17(16-28)23(22(27)15-19)35-13-10-26)18-4-6-21(7-5-18)34-12-9-20-8-11-29-24(30-20)31-36(3,32)33/h4-8,11,14-15H,9-10,12-13H2,1-3H3,(H,29,30,31). The van der Waals surface area contributed by atoms with Gasteiger partial charge >= 0.3 is 0 Å². The zero-order valence-corrected chi connectivity index (χ0v) is 22.4. The van der Waals surface area contributed by atoms with Crippen molar-refractivity contribution in [2.75, 3.05) is 30.1 Å². The van der Waals surface area contributed by atoms with Gasteiger partial charge in [0.15, 0.2) is 5.75 Å². The van der Waals surface area contributed by atoms with E-state index in [1.165, 1.54) is 6.20 Å². The molecule has 1 heterocycles. The molecule has 36 heavy (non-hydrogen) atoms. The lowest BCUT2D eigenvalue weighted by Crippen LogP contribution is -2.19. The lowest BCUT2D eigenvalue weighted by molar-refractivity contribution is 0.320. The topological polar surface area (TPSA) is 114 Å².